The van der Waals surface area contributed by atoms with Gasteiger partial charge in [-0.1, -0.05) is 6.07 Å². The molecule has 4 rings (SSSR count). The molecular formula is C25H24N2O3. The van der Waals surface area contributed by atoms with E-state index in [-0.39, 0.29) is 12.0 Å². The van der Waals surface area contributed by atoms with Crippen LogP contribution in [-0.4, -0.2) is 17.0 Å². The number of hydrogen-bond donors (Lipinski definition) is 1. The zero-order chi connectivity index (χ0) is 21.3. The van der Waals surface area contributed by atoms with E-state index < -0.39 is 0 Å². The van der Waals surface area contributed by atoms with Gasteiger partial charge in [0.25, 0.3) is 5.91 Å². The normalized spacial score (nSPS) is 11.1. The van der Waals surface area contributed by atoms with Crippen molar-refractivity contribution in [2.24, 2.45) is 0 Å². The number of fused-ring (bicyclic) bond motifs is 1. The van der Waals surface area contributed by atoms with Crippen LogP contribution in [0.2, 0.25) is 0 Å². The average molecular weight is 400 g/mol. The fourth-order valence-corrected chi connectivity index (χ4v) is 3.16. The Labute approximate surface area is 175 Å². The number of aryl methyl sites for hydroxylation is 2. The van der Waals surface area contributed by atoms with Gasteiger partial charge in [0.2, 0.25) is 5.89 Å². The lowest BCUT2D eigenvalue weighted by molar-refractivity contribution is 0.102. The number of anilines is 1. The van der Waals surface area contributed by atoms with Crippen LogP contribution in [0.25, 0.3) is 22.6 Å². The first-order valence-corrected chi connectivity index (χ1v) is 9.95. The second kappa shape index (κ2) is 8.03. The summed E-state index contributed by atoms with van der Waals surface area (Å²) in [6, 6.07) is 18.7. The number of hydrogen-bond acceptors (Lipinski definition) is 4. The van der Waals surface area contributed by atoms with Crippen molar-refractivity contribution in [2.45, 2.75) is 33.8 Å². The zero-order valence-electron chi connectivity index (χ0n) is 17.5. The molecule has 0 saturated heterocycles. The molecule has 4 aromatic rings. The number of aromatic nitrogens is 1. The minimum absolute atomic E-state index is 0.0904. The van der Waals surface area contributed by atoms with E-state index in [0.717, 1.165) is 11.3 Å². The number of carbonyl (C=O) groups excluding carboxylic acids is 1. The number of rotatable bonds is 5. The summed E-state index contributed by atoms with van der Waals surface area (Å²) in [5.74, 6) is 1.12. The molecule has 0 atom stereocenters. The molecule has 0 radical (unpaired) electrons. The molecule has 0 bridgehead atoms. The van der Waals surface area contributed by atoms with E-state index in [2.05, 4.69) is 36.3 Å². The van der Waals surface area contributed by atoms with Gasteiger partial charge in [-0.15, -0.1) is 0 Å². The van der Waals surface area contributed by atoms with Gasteiger partial charge < -0.3 is 14.5 Å². The van der Waals surface area contributed by atoms with Crippen LogP contribution in [0.3, 0.4) is 0 Å². The largest absolute Gasteiger partial charge is 0.491 e. The van der Waals surface area contributed by atoms with Crippen LogP contribution in [0, 0.1) is 13.8 Å². The second-order valence-corrected chi connectivity index (χ2v) is 7.65. The Hall–Kier alpha value is -3.60. The van der Waals surface area contributed by atoms with Crippen LogP contribution in [-0.2, 0) is 0 Å². The molecule has 5 heteroatoms. The maximum atomic E-state index is 12.6. The lowest BCUT2D eigenvalue weighted by atomic mass is 10.1. The van der Waals surface area contributed by atoms with Crippen molar-refractivity contribution in [2.75, 3.05) is 5.32 Å². The van der Waals surface area contributed by atoms with Gasteiger partial charge in [0.05, 0.1) is 6.10 Å². The third-order valence-electron chi connectivity index (χ3n) is 4.89. The van der Waals surface area contributed by atoms with Crippen LogP contribution in [0.4, 0.5) is 5.69 Å². The average Bonchev–Trinajstić information content (AvgIpc) is 3.13. The molecule has 0 aliphatic carbocycles. The summed E-state index contributed by atoms with van der Waals surface area (Å²) < 4.78 is 11.5. The highest BCUT2D eigenvalue weighted by molar-refractivity contribution is 6.05. The van der Waals surface area contributed by atoms with Gasteiger partial charge in [-0.25, -0.2) is 4.98 Å². The molecule has 0 aliphatic heterocycles. The van der Waals surface area contributed by atoms with E-state index in [9.17, 15) is 4.79 Å². The molecule has 0 unspecified atom stereocenters. The molecule has 0 spiro atoms. The highest BCUT2D eigenvalue weighted by atomic mass is 16.5. The van der Waals surface area contributed by atoms with Crippen molar-refractivity contribution >= 4 is 22.7 Å². The Morgan fingerprint density at radius 2 is 1.73 bits per heavy atom. The van der Waals surface area contributed by atoms with Gasteiger partial charge in [-0.3, -0.25) is 4.79 Å². The molecule has 1 N–H and O–H groups in total. The van der Waals surface area contributed by atoms with E-state index in [1.54, 1.807) is 24.3 Å². The molecule has 152 valence electrons. The lowest BCUT2D eigenvalue weighted by Gasteiger charge is -2.10. The van der Waals surface area contributed by atoms with Crippen molar-refractivity contribution in [1.82, 2.24) is 4.98 Å². The Kier molecular flexibility index (Phi) is 5.27. The molecule has 0 saturated carbocycles. The third-order valence-corrected chi connectivity index (χ3v) is 4.89. The number of oxazole rings is 1. The number of ether oxygens (including phenoxy) is 1. The summed E-state index contributed by atoms with van der Waals surface area (Å²) in [6.45, 7) is 8.07. The topological polar surface area (TPSA) is 64.4 Å². The molecule has 1 aromatic heterocycles. The molecule has 0 fully saturated rings. The first-order valence-electron chi connectivity index (χ1n) is 9.95. The molecule has 5 nitrogen and oxygen atoms in total. The van der Waals surface area contributed by atoms with Crippen molar-refractivity contribution < 1.29 is 13.9 Å². The van der Waals surface area contributed by atoms with E-state index in [0.29, 0.717) is 28.2 Å². The number of nitrogens with zero attached hydrogens (tertiary/aromatic N) is 1. The summed E-state index contributed by atoms with van der Waals surface area (Å²) >= 11 is 0. The minimum atomic E-state index is -0.191. The molecule has 1 amide bonds. The van der Waals surface area contributed by atoms with E-state index >= 15 is 0 Å². The van der Waals surface area contributed by atoms with Gasteiger partial charge >= 0.3 is 0 Å². The summed E-state index contributed by atoms with van der Waals surface area (Å²) in [7, 11) is 0. The molecule has 30 heavy (non-hydrogen) atoms. The zero-order valence-corrected chi connectivity index (χ0v) is 17.5. The molecule has 3 aromatic carbocycles. The van der Waals surface area contributed by atoms with Crippen LogP contribution in [0.15, 0.2) is 65.1 Å². The van der Waals surface area contributed by atoms with Gasteiger partial charge in [0, 0.05) is 16.8 Å². The highest BCUT2D eigenvalue weighted by Crippen LogP contribution is 2.27. The third kappa shape index (κ3) is 4.20. The molecule has 1 heterocycles. The van der Waals surface area contributed by atoms with Crippen molar-refractivity contribution in [3.05, 3.63) is 77.4 Å². The van der Waals surface area contributed by atoms with E-state index in [4.69, 9.17) is 9.15 Å². The predicted octanol–water partition coefficient (Wildman–Crippen LogP) is 6.15. The Bertz CT molecular complexity index is 1210. The maximum absolute atomic E-state index is 12.6. The molecular weight excluding hydrogens is 376 g/mol. The SMILES string of the molecule is Cc1ccc(-c2nc3cc(NC(=O)c4ccc(OC(C)C)cc4)ccc3o2)cc1C. The monoisotopic (exact) mass is 400 g/mol. The summed E-state index contributed by atoms with van der Waals surface area (Å²) in [6.07, 6.45) is 0.0904. The Morgan fingerprint density at radius 3 is 2.43 bits per heavy atom. The maximum Gasteiger partial charge on any atom is 0.255 e. The standard InChI is InChI=1S/C25H24N2O3/c1-15(2)29-21-10-7-18(8-11-21)24(28)26-20-9-12-23-22(14-20)27-25(30-23)19-6-5-16(3)17(4)13-19/h5-15H,1-4H3,(H,26,28). The van der Waals surface area contributed by atoms with Gasteiger partial charge in [-0.05, 0) is 93.4 Å². The Balaban J connectivity index is 1.53. The Morgan fingerprint density at radius 1 is 0.967 bits per heavy atom. The summed E-state index contributed by atoms with van der Waals surface area (Å²) in [4.78, 5) is 17.2. The number of amides is 1. The predicted molar refractivity (Wildman–Crippen MR) is 119 cm³/mol. The number of nitrogens with one attached hydrogen (secondary N) is 1. The van der Waals surface area contributed by atoms with Crippen LogP contribution < -0.4 is 10.1 Å². The van der Waals surface area contributed by atoms with Gasteiger partial charge in [0.15, 0.2) is 5.58 Å². The smallest absolute Gasteiger partial charge is 0.255 e. The fraction of sp³-hybridized carbons (Fsp3) is 0.200. The van der Waals surface area contributed by atoms with Gasteiger partial charge in [-0.2, -0.15) is 0 Å². The first-order chi connectivity index (χ1) is 14.4. The summed E-state index contributed by atoms with van der Waals surface area (Å²) in [5, 5.41) is 2.91. The van der Waals surface area contributed by atoms with E-state index in [1.807, 2.05) is 38.1 Å². The number of carbonyl (C=O) groups is 1. The highest BCUT2D eigenvalue weighted by Gasteiger charge is 2.12. The quantitative estimate of drug-likeness (QED) is 0.436. The number of benzene rings is 3. The second-order valence-electron chi connectivity index (χ2n) is 7.65. The van der Waals surface area contributed by atoms with Crippen LogP contribution in [0.5, 0.6) is 5.75 Å². The minimum Gasteiger partial charge on any atom is -0.491 e. The van der Waals surface area contributed by atoms with Crippen molar-refractivity contribution in [3.8, 4) is 17.2 Å². The summed E-state index contributed by atoms with van der Waals surface area (Å²) in [5.41, 5.74) is 5.94. The lowest BCUT2D eigenvalue weighted by Crippen LogP contribution is -2.12. The molecule has 0 aliphatic rings. The van der Waals surface area contributed by atoms with Crippen molar-refractivity contribution in [1.29, 1.82) is 0 Å². The van der Waals surface area contributed by atoms with Crippen molar-refractivity contribution in [3.63, 3.8) is 0 Å². The van der Waals surface area contributed by atoms with Crippen LogP contribution in [0.1, 0.15) is 35.3 Å². The first kappa shape index (κ1) is 19.7. The van der Waals surface area contributed by atoms with Crippen LogP contribution >= 0.6 is 0 Å². The fourth-order valence-electron chi connectivity index (χ4n) is 3.16. The van der Waals surface area contributed by atoms with Gasteiger partial charge in [0.1, 0.15) is 11.3 Å². The van der Waals surface area contributed by atoms with E-state index in [1.165, 1.54) is 11.1 Å².